The molecule has 0 spiro atoms. The zero-order chi connectivity index (χ0) is 9.78. The number of hydrogen-bond donors (Lipinski definition) is 0. The van der Waals surface area contributed by atoms with Gasteiger partial charge in [0.15, 0.2) is 0 Å². The fourth-order valence-corrected chi connectivity index (χ4v) is 5.75. The van der Waals surface area contributed by atoms with E-state index in [2.05, 4.69) is 13.8 Å². The van der Waals surface area contributed by atoms with E-state index in [1.54, 1.807) is 16.5 Å². The van der Waals surface area contributed by atoms with Crippen molar-refractivity contribution >= 4 is 9.90 Å². The van der Waals surface area contributed by atoms with Gasteiger partial charge in [0.25, 0.3) is 0 Å². The van der Waals surface area contributed by atoms with E-state index in [1.807, 2.05) is 0 Å². The zero-order valence-electron chi connectivity index (χ0n) is 10.5. The van der Waals surface area contributed by atoms with Crippen LogP contribution in [-0.4, -0.2) is 0 Å². The molecule has 84 valence electrons. The molecule has 0 heterocycles. The smallest absolute Gasteiger partial charge is 0.153 e. The van der Waals surface area contributed by atoms with Crippen LogP contribution in [-0.2, 0) is 17.1 Å². The average Bonchev–Trinajstić information content (AvgIpc) is 2.16. The molecule has 2 heteroatoms. The van der Waals surface area contributed by atoms with Crippen LogP contribution in [0, 0.1) is 0 Å². The first-order valence-corrected chi connectivity index (χ1v) is 10.6. The molecule has 0 aliphatic rings. The van der Waals surface area contributed by atoms with Crippen LogP contribution >= 0.6 is 9.90 Å². The first kappa shape index (κ1) is 17.4. The van der Waals surface area contributed by atoms with Gasteiger partial charge in [0.2, 0.25) is 0 Å². The van der Waals surface area contributed by atoms with Gasteiger partial charge in [0.05, 0.1) is 0 Å². The van der Waals surface area contributed by atoms with E-state index >= 15 is 0 Å². The maximum absolute atomic E-state index is 2.31. The van der Waals surface area contributed by atoms with E-state index in [4.69, 9.17) is 0 Å². The van der Waals surface area contributed by atoms with Gasteiger partial charge in [-0.3, -0.25) is 0 Å². The summed E-state index contributed by atoms with van der Waals surface area (Å²) in [4.78, 5) is 0. The molecule has 0 aromatic carbocycles. The molecular formula is C12H29PZn. The van der Waals surface area contributed by atoms with Gasteiger partial charge in [0.1, 0.15) is 0 Å². The maximum Gasteiger partial charge on any atom is -0.153 e. The van der Waals surface area contributed by atoms with Crippen LogP contribution in [0.4, 0.5) is 0 Å². The summed E-state index contributed by atoms with van der Waals surface area (Å²) in [5.74, 6) is 0. The van der Waals surface area contributed by atoms with Crippen molar-refractivity contribution in [2.75, 3.05) is 0 Å². The molecule has 0 radical (unpaired) electrons. The molecule has 14 heavy (non-hydrogen) atoms. The van der Waals surface area contributed by atoms with Crippen LogP contribution in [0.2, 0.25) is 10.0 Å². The zero-order valence-corrected chi connectivity index (χ0v) is 14.9. The summed E-state index contributed by atoms with van der Waals surface area (Å²) in [6.07, 6.45) is 11.9. The second kappa shape index (κ2) is 16.5. The summed E-state index contributed by atoms with van der Waals surface area (Å²) in [5.41, 5.74) is 0. The Bertz CT molecular complexity index is 76.4. The van der Waals surface area contributed by atoms with Gasteiger partial charge in [-0.25, -0.2) is 0 Å². The van der Waals surface area contributed by atoms with Gasteiger partial charge in [0, 0.05) is 0 Å². The van der Waals surface area contributed by atoms with Crippen LogP contribution in [0.25, 0.3) is 0 Å². The molecule has 0 fully saturated rings. The molecule has 0 bridgehead atoms. The van der Waals surface area contributed by atoms with Crippen molar-refractivity contribution in [2.45, 2.75) is 75.2 Å². The molecule has 0 nitrogen and oxygen atoms in total. The first-order chi connectivity index (χ1) is 6.41. The molecular weight excluding hydrogens is 240 g/mol. The predicted octanol–water partition coefficient (Wildman–Crippen LogP) is 5.12. The molecule has 0 saturated carbocycles. The van der Waals surface area contributed by atoms with Gasteiger partial charge in [-0.05, 0) is 0 Å². The quantitative estimate of drug-likeness (QED) is 0.293. The van der Waals surface area contributed by atoms with Crippen molar-refractivity contribution in [2.24, 2.45) is 0 Å². The standard InChI is InChI=1S/C8H17.C4H9.H3P.Zn/c1-3-5-7-8-6-4-2;1-3-4-2;;/h1,3-8H2,2H3;1,3-4H2,2H3;1H3;. The van der Waals surface area contributed by atoms with Crippen molar-refractivity contribution in [1.82, 2.24) is 0 Å². The third-order valence-electron chi connectivity index (χ3n) is 2.71. The summed E-state index contributed by atoms with van der Waals surface area (Å²) < 4.78 is 0. The SMILES string of the molecule is CCCCCCC[CH2][Zn][CH2]CCC.P. The fourth-order valence-electron chi connectivity index (χ4n) is 1.74. The minimum absolute atomic E-state index is 0. The van der Waals surface area contributed by atoms with E-state index in [0.717, 1.165) is 0 Å². The van der Waals surface area contributed by atoms with Gasteiger partial charge < -0.3 is 0 Å². The number of rotatable bonds is 10. The van der Waals surface area contributed by atoms with Crippen LogP contribution in [0.5, 0.6) is 0 Å². The molecule has 0 amide bonds. The predicted molar refractivity (Wildman–Crippen MR) is 69.0 cm³/mol. The minimum atomic E-state index is -0.0287. The van der Waals surface area contributed by atoms with Gasteiger partial charge in [-0.2, -0.15) is 9.90 Å². The van der Waals surface area contributed by atoms with Crippen molar-refractivity contribution in [3.63, 3.8) is 0 Å². The first-order valence-electron chi connectivity index (χ1n) is 6.41. The normalized spacial score (nSPS) is 9.29. The Labute approximate surface area is 102 Å². The topological polar surface area (TPSA) is 0 Å². The van der Waals surface area contributed by atoms with E-state index in [1.165, 1.54) is 44.9 Å². The molecule has 1 atom stereocenters. The van der Waals surface area contributed by atoms with Crippen LogP contribution in [0.15, 0.2) is 0 Å². The van der Waals surface area contributed by atoms with Crippen LogP contribution in [0.3, 0.4) is 0 Å². The van der Waals surface area contributed by atoms with Crippen LogP contribution in [0.1, 0.15) is 65.2 Å². The monoisotopic (exact) mass is 268 g/mol. The maximum atomic E-state index is 2.31. The molecule has 0 aliphatic carbocycles. The van der Waals surface area contributed by atoms with Crippen molar-refractivity contribution in [1.29, 1.82) is 0 Å². The molecule has 0 aromatic heterocycles. The molecule has 0 saturated heterocycles. The summed E-state index contributed by atoms with van der Waals surface area (Å²) >= 11 is -0.0287. The van der Waals surface area contributed by atoms with E-state index in [0.29, 0.717) is 0 Å². The Kier molecular flexibility index (Phi) is 20.5. The Morgan fingerprint density at radius 3 is 1.79 bits per heavy atom. The number of hydrogen-bond acceptors (Lipinski definition) is 0. The Balaban J connectivity index is 0. The second-order valence-corrected chi connectivity index (χ2v) is 8.63. The van der Waals surface area contributed by atoms with Crippen molar-refractivity contribution in [3.05, 3.63) is 0 Å². The van der Waals surface area contributed by atoms with Crippen LogP contribution < -0.4 is 0 Å². The minimum Gasteiger partial charge on any atom is -0.153 e. The van der Waals surface area contributed by atoms with E-state index < -0.39 is 0 Å². The Morgan fingerprint density at radius 1 is 0.643 bits per heavy atom. The molecule has 0 rings (SSSR count). The summed E-state index contributed by atoms with van der Waals surface area (Å²) in [7, 11) is 0. The molecule has 1 unspecified atom stereocenters. The van der Waals surface area contributed by atoms with Gasteiger partial charge in [-0.1, -0.05) is 0 Å². The van der Waals surface area contributed by atoms with Crippen molar-refractivity contribution < 1.29 is 17.1 Å². The fraction of sp³-hybridized carbons (Fsp3) is 1.00. The van der Waals surface area contributed by atoms with Gasteiger partial charge >= 0.3 is 92.4 Å². The van der Waals surface area contributed by atoms with E-state index in [-0.39, 0.29) is 27.0 Å². The number of unbranched alkanes of at least 4 members (excludes halogenated alkanes) is 6. The van der Waals surface area contributed by atoms with E-state index in [9.17, 15) is 0 Å². The summed E-state index contributed by atoms with van der Waals surface area (Å²) in [6, 6.07) is 0. The summed E-state index contributed by atoms with van der Waals surface area (Å²) in [5, 5.41) is 3.32. The molecule has 0 aromatic rings. The average molecular weight is 270 g/mol. The van der Waals surface area contributed by atoms with Gasteiger partial charge in [-0.15, -0.1) is 0 Å². The second-order valence-electron chi connectivity index (χ2n) is 4.18. The van der Waals surface area contributed by atoms with Crippen molar-refractivity contribution in [3.8, 4) is 0 Å². The Morgan fingerprint density at radius 2 is 1.14 bits per heavy atom. The Hall–Kier alpha value is 1.05. The largest absolute Gasteiger partial charge is 0.153 e. The molecule has 0 aliphatic heterocycles. The molecule has 0 N–H and O–H groups in total. The third kappa shape index (κ3) is 15.5. The third-order valence-corrected chi connectivity index (χ3v) is 6.90. The summed E-state index contributed by atoms with van der Waals surface area (Å²) in [6.45, 7) is 4.60.